The first-order chi connectivity index (χ1) is 14.5. The zero-order chi connectivity index (χ0) is 22.5. The summed E-state index contributed by atoms with van der Waals surface area (Å²) in [4.78, 5) is 26.3. The number of carbonyl (C=O) groups is 1. The van der Waals surface area contributed by atoms with Gasteiger partial charge in [0, 0.05) is 37.6 Å². The molecule has 1 N–H and O–H groups in total. The first kappa shape index (κ1) is 21.2. The normalized spacial score (nSPS) is 20.0. The maximum absolute atomic E-state index is 14.4. The van der Waals surface area contributed by atoms with Crippen LogP contribution in [0.3, 0.4) is 0 Å². The predicted molar refractivity (Wildman–Crippen MR) is 101 cm³/mol. The van der Waals surface area contributed by atoms with Crippen LogP contribution in [0, 0.1) is 24.5 Å². The minimum Gasteiger partial charge on any atom is -0.342 e. The SMILES string of the molecule is CC(=O)N1CCC(c2cc(Nc3nc(F)c(F)c(C)c3F)nc(N3CC(F)(F)C3)n2)C1. The highest BCUT2D eigenvalue weighted by Crippen LogP contribution is 2.34. The molecule has 1 atom stereocenters. The molecule has 0 saturated carbocycles. The van der Waals surface area contributed by atoms with Crippen molar-refractivity contribution in [1.29, 1.82) is 0 Å². The second-order valence-electron chi connectivity index (χ2n) is 7.77. The van der Waals surface area contributed by atoms with Crippen LogP contribution in [0.1, 0.15) is 30.5 Å². The van der Waals surface area contributed by atoms with Crippen LogP contribution >= 0.6 is 0 Å². The summed E-state index contributed by atoms with van der Waals surface area (Å²) in [5.41, 5.74) is -0.0917. The summed E-state index contributed by atoms with van der Waals surface area (Å²) in [5, 5.41) is 2.50. The van der Waals surface area contributed by atoms with E-state index in [-0.39, 0.29) is 23.6 Å². The van der Waals surface area contributed by atoms with Crippen molar-refractivity contribution in [3.8, 4) is 0 Å². The maximum atomic E-state index is 14.4. The number of carbonyl (C=O) groups excluding carboxylic acids is 1. The Hall–Kier alpha value is -3.05. The van der Waals surface area contributed by atoms with E-state index in [9.17, 15) is 26.7 Å². The highest BCUT2D eigenvalue weighted by molar-refractivity contribution is 5.73. The lowest BCUT2D eigenvalue weighted by Gasteiger charge is -2.38. The quantitative estimate of drug-likeness (QED) is 0.580. The van der Waals surface area contributed by atoms with E-state index < -0.39 is 48.0 Å². The van der Waals surface area contributed by atoms with Crippen molar-refractivity contribution in [1.82, 2.24) is 19.9 Å². The summed E-state index contributed by atoms with van der Waals surface area (Å²) in [5.74, 6) is -7.72. The first-order valence-electron chi connectivity index (χ1n) is 9.59. The van der Waals surface area contributed by atoms with Gasteiger partial charge in [-0.2, -0.15) is 14.4 Å². The van der Waals surface area contributed by atoms with E-state index in [1.807, 2.05) is 0 Å². The predicted octanol–water partition coefficient (Wildman–Crippen LogP) is 3.13. The summed E-state index contributed by atoms with van der Waals surface area (Å²) in [6.45, 7) is 2.27. The number of hydrogen-bond acceptors (Lipinski definition) is 6. The van der Waals surface area contributed by atoms with Gasteiger partial charge in [0.25, 0.3) is 11.9 Å². The molecule has 1 amide bonds. The van der Waals surface area contributed by atoms with Crippen molar-refractivity contribution in [3.63, 3.8) is 0 Å². The summed E-state index contributed by atoms with van der Waals surface area (Å²) in [6.07, 6.45) is 0.600. The van der Waals surface area contributed by atoms with Gasteiger partial charge in [0.15, 0.2) is 17.5 Å². The Kier molecular flexibility index (Phi) is 5.18. The molecule has 0 spiro atoms. The molecule has 2 aromatic rings. The van der Waals surface area contributed by atoms with Gasteiger partial charge in [-0.25, -0.2) is 22.5 Å². The minimum absolute atomic E-state index is 0.00620. The molecule has 2 fully saturated rings. The largest absolute Gasteiger partial charge is 0.342 e. The molecule has 4 rings (SSSR count). The Morgan fingerprint density at radius 3 is 2.48 bits per heavy atom. The number of halogens is 5. The molecule has 2 aromatic heterocycles. The molecule has 4 heterocycles. The number of nitrogens with one attached hydrogen (secondary N) is 1. The van der Waals surface area contributed by atoms with Crippen LogP contribution in [0.2, 0.25) is 0 Å². The summed E-state index contributed by atoms with van der Waals surface area (Å²) < 4.78 is 68.3. The van der Waals surface area contributed by atoms with Gasteiger partial charge >= 0.3 is 0 Å². The van der Waals surface area contributed by atoms with Crippen molar-refractivity contribution >= 4 is 23.5 Å². The van der Waals surface area contributed by atoms with Crippen LogP contribution in [0.5, 0.6) is 0 Å². The topological polar surface area (TPSA) is 74.2 Å². The van der Waals surface area contributed by atoms with E-state index in [2.05, 4.69) is 20.3 Å². The monoisotopic (exact) mass is 442 g/mol. The lowest BCUT2D eigenvalue weighted by atomic mass is 10.0. The van der Waals surface area contributed by atoms with Crippen molar-refractivity contribution < 1.29 is 26.7 Å². The van der Waals surface area contributed by atoms with E-state index in [1.54, 1.807) is 4.90 Å². The molecule has 2 aliphatic rings. The van der Waals surface area contributed by atoms with Crippen LogP contribution in [-0.2, 0) is 4.79 Å². The Balaban J connectivity index is 1.68. The van der Waals surface area contributed by atoms with Crippen LogP contribution in [-0.4, -0.2) is 57.9 Å². The second kappa shape index (κ2) is 7.57. The van der Waals surface area contributed by atoms with Crippen LogP contribution in [0.15, 0.2) is 6.07 Å². The average molecular weight is 442 g/mol. The fraction of sp³-hybridized carbons (Fsp3) is 0.474. The lowest BCUT2D eigenvalue weighted by Crippen LogP contribution is -2.57. The fourth-order valence-electron chi connectivity index (χ4n) is 3.64. The molecule has 1 unspecified atom stereocenters. The van der Waals surface area contributed by atoms with Crippen LogP contribution < -0.4 is 10.2 Å². The smallest absolute Gasteiger partial charge is 0.282 e. The Morgan fingerprint density at radius 2 is 1.87 bits per heavy atom. The van der Waals surface area contributed by atoms with Gasteiger partial charge in [-0.15, -0.1) is 0 Å². The second-order valence-corrected chi connectivity index (χ2v) is 7.77. The third kappa shape index (κ3) is 4.10. The zero-order valence-electron chi connectivity index (χ0n) is 16.7. The molecule has 12 heteroatoms. The molecule has 7 nitrogen and oxygen atoms in total. The standard InChI is InChI=1S/C19H19F5N6O/c1-9-14(20)16(22)28-17(15(9)21)26-13-5-12(11-3-4-29(6-11)10(2)31)25-18(27-13)30-7-19(23,24)8-30/h5,11H,3-4,6-8H2,1-2H3,(H,25,26,27,28). The minimum atomic E-state index is -2.86. The number of alkyl halides is 2. The number of anilines is 3. The molecular formula is C19H19F5N6O. The third-order valence-corrected chi connectivity index (χ3v) is 5.42. The van der Waals surface area contributed by atoms with Crippen LogP contribution in [0.25, 0.3) is 0 Å². The first-order valence-corrected chi connectivity index (χ1v) is 9.59. The van der Waals surface area contributed by atoms with E-state index in [0.717, 1.165) is 6.92 Å². The molecule has 2 aliphatic heterocycles. The van der Waals surface area contributed by atoms with E-state index in [4.69, 9.17) is 0 Å². The molecular weight excluding hydrogens is 423 g/mol. The van der Waals surface area contributed by atoms with Crippen molar-refractivity contribution in [2.45, 2.75) is 32.1 Å². The van der Waals surface area contributed by atoms with Crippen molar-refractivity contribution in [3.05, 3.63) is 34.9 Å². The average Bonchev–Trinajstić information content (AvgIpc) is 3.19. The number of amides is 1. The molecule has 0 bridgehead atoms. The van der Waals surface area contributed by atoms with Gasteiger partial charge in [-0.3, -0.25) is 4.79 Å². The Morgan fingerprint density at radius 1 is 1.16 bits per heavy atom. The number of nitrogens with zero attached hydrogens (tertiary/aromatic N) is 5. The van der Waals surface area contributed by atoms with Crippen molar-refractivity contribution in [2.24, 2.45) is 0 Å². The van der Waals surface area contributed by atoms with Gasteiger partial charge in [0.2, 0.25) is 11.9 Å². The highest BCUT2D eigenvalue weighted by Gasteiger charge is 2.45. The van der Waals surface area contributed by atoms with E-state index >= 15 is 0 Å². The number of aromatic nitrogens is 3. The van der Waals surface area contributed by atoms with Gasteiger partial charge in [0.05, 0.1) is 18.8 Å². The molecule has 0 radical (unpaired) electrons. The fourth-order valence-corrected chi connectivity index (χ4v) is 3.64. The Labute approximate surface area is 174 Å². The van der Waals surface area contributed by atoms with Crippen molar-refractivity contribution in [2.75, 3.05) is 36.4 Å². The Bertz CT molecular complexity index is 1040. The summed E-state index contributed by atoms with van der Waals surface area (Å²) >= 11 is 0. The number of hydrogen-bond donors (Lipinski definition) is 1. The molecule has 166 valence electrons. The van der Waals surface area contributed by atoms with E-state index in [1.165, 1.54) is 17.9 Å². The van der Waals surface area contributed by atoms with Gasteiger partial charge in [0.1, 0.15) is 5.82 Å². The third-order valence-electron chi connectivity index (χ3n) is 5.42. The zero-order valence-corrected chi connectivity index (χ0v) is 16.7. The summed E-state index contributed by atoms with van der Waals surface area (Å²) in [7, 11) is 0. The number of likely N-dealkylation sites (tertiary alicyclic amines) is 1. The number of pyridine rings is 1. The molecule has 31 heavy (non-hydrogen) atoms. The highest BCUT2D eigenvalue weighted by atomic mass is 19.3. The lowest BCUT2D eigenvalue weighted by molar-refractivity contribution is -0.127. The van der Waals surface area contributed by atoms with E-state index in [0.29, 0.717) is 25.2 Å². The van der Waals surface area contributed by atoms with Crippen LogP contribution in [0.4, 0.5) is 39.5 Å². The molecule has 2 saturated heterocycles. The molecule has 0 aliphatic carbocycles. The number of rotatable bonds is 4. The van der Waals surface area contributed by atoms with Gasteiger partial charge in [-0.05, 0) is 13.3 Å². The van der Waals surface area contributed by atoms with Gasteiger partial charge in [-0.1, -0.05) is 0 Å². The summed E-state index contributed by atoms with van der Waals surface area (Å²) in [6, 6.07) is 1.47. The molecule has 0 aromatic carbocycles. The maximum Gasteiger partial charge on any atom is 0.282 e. The van der Waals surface area contributed by atoms with Gasteiger partial charge < -0.3 is 15.1 Å².